The Morgan fingerprint density at radius 2 is 1.95 bits per heavy atom. The van der Waals surface area contributed by atoms with Gasteiger partial charge in [-0.2, -0.15) is 0 Å². The maximum Gasteiger partial charge on any atom is 0.0771 e. The molecule has 116 valence electrons. The van der Waals surface area contributed by atoms with Crippen LogP contribution in [0.5, 0.6) is 0 Å². The Kier molecular flexibility index (Phi) is 7.25. The summed E-state index contributed by atoms with van der Waals surface area (Å²) in [6.45, 7) is 2.02. The summed E-state index contributed by atoms with van der Waals surface area (Å²) in [5, 5.41) is 18.1. The summed E-state index contributed by atoms with van der Waals surface area (Å²) in [4.78, 5) is 4.80. The fourth-order valence-corrected chi connectivity index (χ4v) is 3.81. The Morgan fingerprint density at radius 1 is 1.14 bits per heavy atom. The molecule has 0 bridgehead atoms. The number of aliphatic hydroxyl groups is 2. The van der Waals surface area contributed by atoms with Crippen molar-refractivity contribution in [3.8, 4) is 11.8 Å². The van der Waals surface area contributed by atoms with Gasteiger partial charge in [-0.3, -0.25) is 4.90 Å². The lowest BCUT2D eigenvalue weighted by atomic mass is 9.94. The van der Waals surface area contributed by atoms with Gasteiger partial charge in [0.1, 0.15) is 0 Å². The first-order chi connectivity index (χ1) is 10.3. The molecule has 4 heteroatoms. The quantitative estimate of drug-likeness (QED) is 0.794. The van der Waals surface area contributed by atoms with Crippen LogP contribution in [0.25, 0.3) is 0 Å². The lowest BCUT2D eigenvalue weighted by molar-refractivity contribution is 0.118. The summed E-state index contributed by atoms with van der Waals surface area (Å²) in [6, 6.07) is 4.82. The first kappa shape index (κ1) is 16.5. The molecule has 1 heterocycles. The Bertz CT molecular complexity index is 469. The molecular formula is C17H25NO2S. The summed E-state index contributed by atoms with van der Waals surface area (Å²) in [5.41, 5.74) is 0. The second kappa shape index (κ2) is 9.22. The molecule has 2 N–H and O–H groups in total. The average Bonchev–Trinajstić information content (AvgIpc) is 2.96. The van der Waals surface area contributed by atoms with Crippen LogP contribution in [-0.4, -0.2) is 40.9 Å². The number of hydrogen-bond acceptors (Lipinski definition) is 4. The first-order valence-electron chi connectivity index (χ1n) is 7.87. The molecule has 1 fully saturated rings. The Hall–Kier alpha value is -0.860. The predicted octanol–water partition coefficient (Wildman–Crippen LogP) is 2.61. The van der Waals surface area contributed by atoms with E-state index in [1.165, 1.54) is 37.0 Å². The molecule has 21 heavy (non-hydrogen) atoms. The van der Waals surface area contributed by atoms with Gasteiger partial charge in [0.15, 0.2) is 0 Å². The second-order valence-electron chi connectivity index (χ2n) is 5.53. The predicted molar refractivity (Wildman–Crippen MR) is 87.3 cm³/mol. The van der Waals surface area contributed by atoms with Crippen LogP contribution in [0.15, 0.2) is 12.1 Å². The van der Waals surface area contributed by atoms with Crippen LogP contribution >= 0.6 is 11.3 Å². The number of rotatable bonds is 6. The van der Waals surface area contributed by atoms with E-state index < -0.39 is 0 Å². The number of hydrogen-bond donors (Lipinski definition) is 2. The Balaban J connectivity index is 1.95. The van der Waals surface area contributed by atoms with Gasteiger partial charge in [-0.05, 0) is 25.0 Å². The van der Waals surface area contributed by atoms with Crippen molar-refractivity contribution in [2.75, 3.05) is 19.8 Å². The van der Waals surface area contributed by atoms with Crippen LogP contribution in [0.2, 0.25) is 0 Å². The van der Waals surface area contributed by atoms with Gasteiger partial charge in [-0.1, -0.05) is 31.1 Å². The highest BCUT2D eigenvalue weighted by Crippen LogP contribution is 2.25. The van der Waals surface area contributed by atoms with Gasteiger partial charge in [0.2, 0.25) is 0 Å². The summed E-state index contributed by atoms with van der Waals surface area (Å²) < 4.78 is 0. The van der Waals surface area contributed by atoms with Crippen molar-refractivity contribution < 1.29 is 10.2 Å². The van der Waals surface area contributed by atoms with E-state index in [0.717, 1.165) is 18.0 Å². The molecule has 2 rings (SSSR count). The maximum atomic E-state index is 9.31. The minimum atomic E-state index is 0.122. The minimum absolute atomic E-state index is 0.122. The molecule has 0 unspecified atom stereocenters. The van der Waals surface area contributed by atoms with Gasteiger partial charge in [-0.25, -0.2) is 0 Å². The normalized spacial score (nSPS) is 16.0. The van der Waals surface area contributed by atoms with Gasteiger partial charge in [0.25, 0.3) is 0 Å². The number of thiophene rings is 1. The van der Waals surface area contributed by atoms with Crippen LogP contribution in [0, 0.1) is 11.8 Å². The smallest absolute Gasteiger partial charge is 0.0771 e. The molecule has 0 aromatic carbocycles. The molecular weight excluding hydrogens is 282 g/mol. The van der Waals surface area contributed by atoms with Crippen LogP contribution in [0.1, 0.15) is 48.3 Å². The highest BCUT2D eigenvalue weighted by molar-refractivity contribution is 7.12. The molecule has 3 nitrogen and oxygen atoms in total. The molecule has 0 amide bonds. The van der Waals surface area contributed by atoms with E-state index >= 15 is 0 Å². The lowest BCUT2D eigenvalue weighted by Crippen LogP contribution is -2.38. The Labute approximate surface area is 131 Å². The maximum absolute atomic E-state index is 9.31. The fraction of sp³-hybridized carbons (Fsp3) is 0.647. The van der Waals surface area contributed by atoms with Crippen molar-refractivity contribution in [3.63, 3.8) is 0 Å². The van der Waals surface area contributed by atoms with E-state index in [1.54, 1.807) is 11.3 Å². The molecule has 0 aliphatic heterocycles. The third-order valence-electron chi connectivity index (χ3n) is 3.95. The van der Waals surface area contributed by atoms with Crippen molar-refractivity contribution in [1.82, 2.24) is 4.90 Å². The van der Waals surface area contributed by atoms with Crippen molar-refractivity contribution in [1.29, 1.82) is 0 Å². The van der Waals surface area contributed by atoms with Gasteiger partial charge in [0.05, 0.1) is 18.1 Å². The van der Waals surface area contributed by atoms with Gasteiger partial charge in [0, 0.05) is 30.4 Å². The number of aliphatic hydroxyl groups excluding tert-OH is 2. The third-order valence-corrected chi connectivity index (χ3v) is 4.93. The van der Waals surface area contributed by atoms with Gasteiger partial charge < -0.3 is 10.2 Å². The van der Waals surface area contributed by atoms with Crippen molar-refractivity contribution >= 4 is 11.3 Å². The monoisotopic (exact) mass is 307 g/mol. The van der Waals surface area contributed by atoms with Crippen LogP contribution in [-0.2, 0) is 6.54 Å². The molecule has 0 spiro atoms. The van der Waals surface area contributed by atoms with Crippen molar-refractivity contribution in [2.45, 2.75) is 51.1 Å². The molecule has 1 aromatic heterocycles. The van der Waals surface area contributed by atoms with Crippen molar-refractivity contribution in [3.05, 3.63) is 21.9 Å². The summed E-state index contributed by atoms with van der Waals surface area (Å²) in [6.07, 6.45) is 7.03. The zero-order valence-corrected chi connectivity index (χ0v) is 13.4. The molecule has 0 saturated heterocycles. The van der Waals surface area contributed by atoms with Crippen molar-refractivity contribution in [2.24, 2.45) is 0 Å². The molecule has 1 saturated carbocycles. The van der Waals surface area contributed by atoms with Crippen LogP contribution < -0.4 is 0 Å². The number of nitrogens with zero attached hydrogens (tertiary/aromatic N) is 1. The highest BCUT2D eigenvalue weighted by Gasteiger charge is 2.21. The van der Waals surface area contributed by atoms with E-state index in [2.05, 4.69) is 28.9 Å². The zero-order chi connectivity index (χ0) is 14.9. The van der Waals surface area contributed by atoms with Crippen LogP contribution in [0.3, 0.4) is 0 Å². The second-order valence-corrected chi connectivity index (χ2v) is 6.70. The summed E-state index contributed by atoms with van der Waals surface area (Å²) in [5.74, 6) is 6.05. The molecule has 1 aliphatic carbocycles. The Morgan fingerprint density at radius 3 is 2.67 bits per heavy atom. The summed E-state index contributed by atoms with van der Waals surface area (Å²) in [7, 11) is 0. The molecule has 0 radical (unpaired) electrons. The van der Waals surface area contributed by atoms with E-state index in [1.807, 2.05) is 0 Å². The van der Waals surface area contributed by atoms with E-state index in [-0.39, 0.29) is 13.2 Å². The SMILES string of the molecule is OCCC#Cc1ccc(CN(CCO)C2CCCCC2)s1. The minimum Gasteiger partial charge on any atom is -0.395 e. The topological polar surface area (TPSA) is 43.7 Å². The lowest BCUT2D eigenvalue weighted by Gasteiger charge is -2.33. The zero-order valence-electron chi connectivity index (χ0n) is 12.6. The third kappa shape index (κ3) is 5.44. The molecule has 1 aliphatic rings. The highest BCUT2D eigenvalue weighted by atomic mass is 32.1. The summed E-state index contributed by atoms with van der Waals surface area (Å²) >= 11 is 1.72. The van der Waals surface area contributed by atoms with Crippen LogP contribution in [0.4, 0.5) is 0 Å². The standard InChI is InChI=1S/C17H25NO2S/c19-12-5-4-8-16-9-10-17(21-16)14-18(11-13-20)15-6-2-1-3-7-15/h9-10,15,19-20H,1-3,5-7,11-14H2. The average molecular weight is 307 g/mol. The fourth-order valence-electron chi connectivity index (χ4n) is 2.90. The van der Waals surface area contributed by atoms with Gasteiger partial charge in [-0.15, -0.1) is 11.3 Å². The molecule has 0 atom stereocenters. The van der Waals surface area contributed by atoms with E-state index in [9.17, 15) is 5.11 Å². The first-order valence-corrected chi connectivity index (χ1v) is 8.68. The van der Waals surface area contributed by atoms with E-state index in [0.29, 0.717) is 12.5 Å². The molecule has 1 aromatic rings. The van der Waals surface area contributed by atoms with Gasteiger partial charge >= 0.3 is 0 Å². The van der Waals surface area contributed by atoms with E-state index in [4.69, 9.17) is 5.11 Å². The largest absolute Gasteiger partial charge is 0.395 e.